The first-order chi connectivity index (χ1) is 11.2. The molecule has 0 bridgehead atoms. The third kappa shape index (κ3) is 2.87. The lowest BCUT2D eigenvalue weighted by Crippen LogP contribution is -2.48. The molecule has 1 aromatic carbocycles. The Bertz CT molecular complexity index is 789. The highest BCUT2D eigenvalue weighted by Crippen LogP contribution is 2.37. The number of benzene rings is 1. The highest BCUT2D eigenvalue weighted by molar-refractivity contribution is 7.89. The van der Waals surface area contributed by atoms with E-state index in [1.54, 1.807) is 20.0 Å². The number of rotatable bonds is 2. The third-order valence-corrected chi connectivity index (χ3v) is 7.66. The number of ether oxygens (including phenoxy) is 1. The van der Waals surface area contributed by atoms with Gasteiger partial charge in [-0.1, -0.05) is 29.3 Å². The van der Waals surface area contributed by atoms with E-state index in [1.807, 2.05) is 0 Å². The number of halogens is 2. The van der Waals surface area contributed by atoms with Crippen molar-refractivity contribution in [3.8, 4) is 0 Å². The van der Waals surface area contributed by atoms with Gasteiger partial charge in [-0.3, -0.25) is 0 Å². The van der Waals surface area contributed by atoms with Crippen molar-refractivity contribution in [3.05, 3.63) is 27.7 Å². The second-order valence-electron chi connectivity index (χ2n) is 6.32. The summed E-state index contributed by atoms with van der Waals surface area (Å²) < 4.78 is 32.6. The standard InChI is InChI=1S/C15H18Cl2N2O4S/c1-10-3-4-11(13(17)12(10)16)24(21,22)19-7-5-15(6-8-19)9-18(2)14(20)23-15/h3-4H,5-9H2,1-2H3. The number of carbonyl (C=O) groups is 1. The third-order valence-electron chi connectivity index (χ3n) is 4.63. The van der Waals surface area contributed by atoms with Crippen molar-refractivity contribution in [1.29, 1.82) is 0 Å². The maximum atomic E-state index is 12.9. The van der Waals surface area contributed by atoms with Gasteiger partial charge in [-0.2, -0.15) is 4.31 Å². The summed E-state index contributed by atoms with van der Waals surface area (Å²) in [5, 5.41) is 0.293. The van der Waals surface area contributed by atoms with E-state index in [9.17, 15) is 13.2 Å². The van der Waals surface area contributed by atoms with Gasteiger partial charge in [-0.05, 0) is 18.6 Å². The van der Waals surface area contributed by atoms with E-state index >= 15 is 0 Å². The summed E-state index contributed by atoms with van der Waals surface area (Å²) in [6.07, 6.45) is 0.554. The van der Waals surface area contributed by atoms with Gasteiger partial charge in [0.1, 0.15) is 10.5 Å². The fraction of sp³-hybridized carbons (Fsp3) is 0.533. The Morgan fingerprint density at radius 2 is 1.79 bits per heavy atom. The Labute approximate surface area is 151 Å². The van der Waals surface area contributed by atoms with Gasteiger partial charge in [0.05, 0.1) is 16.6 Å². The molecule has 2 aliphatic rings. The van der Waals surface area contributed by atoms with Crippen LogP contribution < -0.4 is 0 Å². The zero-order valence-corrected chi connectivity index (χ0v) is 15.7. The lowest BCUT2D eigenvalue weighted by Gasteiger charge is -2.36. The minimum Gasteiger partial charge on any atom is -0.441 e. The average Bonchev–Trinajstić information content (AvgIpc) is 2.79. The molecular weight excluding hydrogens is 375 g/mol. The molecule has 6 nitrogen and oxygen atoms in total. The van der Waals surface area contributed by atoms with Crippen molar-refractivity contribution < 1.29 is 17.9 Å². The smallest absolute Gasteiger partial charge is 0.410 e. The summed E-state index contributed by atoms with van der Waals surface area (Å²) in [5.41, 5.74) is 0.131. The van der Waals surface area contributed by atoms with Crippen LogP contribution in [0.4, 0.5) is 4.79 Å². The van der Waals surface area contributed by atoms with Crippen LogP contribution in [0, 0.1) is 6.92 Å². The summed E-state index contributed by atoms with van der Waals surface area (Å²) >= 11 is 12.2. The first kappa shape index (κ1) is 17.8. The van der Waals surface area contributed by atoms with E-state index in [0.717, 1.165) is 5.56 Å². The van der Waals surface area contributed by atoms with Crippen molar-refractivity contribution in [2.45, 2.75) is 30.3 Å². The SMILES string of the molecule is Cc1ccc(S(=O)(=O)N2CCC3(CC2)CN(C)C(=O)O3)c(Cl)c1Cl. The van der Waals surface area contributed by atoms with Gasteiger partial charge >= 0.3 is 6.09 Å². The Morgan fingerprint density at radius 3 is 2.33 bits per heavy atom. The van der Waals surface area contributed by atoms with Crippen LogP contribution in [0.5, 0.6) is 0 Å². The number of hydrogen-bond donors (Lipinski definition) is 0. The molecule has 0 unspecified atom stereocenters. The molecule has 1 amide bonds. The van der Waals surface area contributed by atoms with Crippen LogP contribution >= 0.6 is 23.2 Å². The van der Waals surface area contributed by atoms with Gasteiger partial charge in [-0.15, -0.1) is 0 Å². The normalized spacial score (nSPS) is 21.3. The van der Waals surface area contributed by atoms with Gasteiger partial charge < -0.3 is 9.64 Å². The minimum absolute atomic E-state index is 0.0104. The van der Waals surface area contributed by atoms with Crippen LogP contribution in [0.15, 0.2) is 17.0 Å². The largest absolute Gasteiger partial charge is 0.441 e. The maximum absolute atomic E-state index is 12.9. The zero-order valence-electron chi connectivity index (χ0n) is 13.4. The molecule has 1 spiro atoms. The van der Waals surface area contributed by atoms with Crippen molar-refractivity contribution in [2.24, 2.45) is 0 Å². The molecule has 132 valence electrons. The molecule has 24 heavy (non-hydrogen) atoms. The fourth-order valence-electron chi connectivity index (χ4n) is 3.15. The Kier molecular flexibility index (Phi) is 4.49. The lowest BCUT2D eigenvalue weighted by atomic mass is 9.92. The predicted octanol–water partition coefficient (Wildman–Crippen LogP) is 2.91. The van der Waals surface area contributed by atoms with E-state index in [2.05, 4.69) is 0 Å². The number of hydrogen-bond acceptors (Lipinski definition) is 4. The molecule has 0 aliphatic carbocycles. The second-order valence-corrected chi connectivity index (χ2v) is 8.98. The van der Waals surface area contributed by atoms with E-state index in [-0.39, 0.29) is 34.1 Å². The number of piperidine rings is 1. The summed E-state index contributed by atoms with van der Waals surface area (Å²) in [4.78, 5) is 13.1. The van der Waals surface area contributed by atoms with Crippen LogP contribution in [0.1, 0.15) is 18.4 Å². The van der Waals surface area contributed by atoms with Crippen molar-refractivity contribution in [3.63, 3.8) is 0 Å². The second kappa shape index (κ2) is 6.05. The number of aryl methyl sites for hydroxylation is 1. The Balaban J connectivity index is 1.81. The van der Waals surface area contributed by atoms with E-state index < -0.39 is 15.6 Å². The topological polar surface area (TPSA) is 66.9 Å². The number of carbonyl (C=O) groups excluding carboxylic acids is 1. The molecule has 1 aromatic rings. The van der Waals surface area contributed by atoms with E-state index in [1.165, 1.54) is 15.3 Å². The molecule has 2 saturated heterocycles. The Morgan fingerprint density at radius 1 is 1.17 bits per heavy atom. The van der Waals surface area contributed by atoms with E-state index in [0.29, 0.717) is 19.4 Å². The number of amides is 1. The molecule has 0 atom stereocenters. The number of nitrogens with zero attached hydrogens (tertiary/aromatic N) is 2. The first-order valence-electron chi connectivity index (χ1n) is 7.55. The fourth-order valence-corrected chi connectivity index (χ4v) is 5.39. The summed E-state index contributed by atoms with van der Waals surface area (Å²) in [7, 11) is -2.07. The van der Waals surface area contributed by atoms with Gasteiger partial charge in [-0.25, -0.2) is 13.2 Å². The van der Waals surface area contributed by atoms with Gasteiger partial charge in [0, 0.05) is 33.0 Å². The lowest BCUT2D eigenvalue weighted by molar-refractivity contribution is 0.0172. The van der Waals surface area contributed by atoms with E-state index in [4.69, 9.17) is 27.9 Å². The van der Waals surface area contributed by atoms with Gasteiger partial charge in [0.15, 0.2) is 0 Å². The van der Waals surface area contributed by atoms with Crippen molar-refractivity contribution >= 4 is 39.3 Å². The van der Waals surface area contributed by atoms with Crippen LogP contribution in [-0.4, -0.2) is 56.0 Å². The first-order valence-corrected chi connectivity index (χ1v) is 9.75. The molecule has 0 radical (unpaired) electrons. The molecule has 0 saturated carbocycles. The molecule has 2 aliphatic heterocycles. The van der Waals surface area contributed by atoms with Gasteiger partial charge in [0.25, 0.3) is 0 Å². The zero-order chi connectivity index (χ0) is 17.7. The number of likely N-dealkylation sites (N-methyl/N-ethyl adjacent to an activating group) is 1. The van der Waals surface area contributed by atoms with Crippen LogP contribution in [-0.2, 0) is 14.8 Å². The Hall–Kier alpha value is -1.02. The van der Waals surface area contributed by atoms with Gasteiger partial charge in [0.2, 0.25) is 10.0 Å². The average molecular weight is 393 g/mol. The van der Waals surface area contributed by atoms with Crippen LogP contribution in [0.2, 0.25) is 10.0 Å². The highest BCUT2D eigenvalue weighted by atomic mass is 35.5. The summed E-state index contributed by atoms with van der Waals surface area (Å²) in [6.45, 7) is 2.79. The summed E-state index contributed by atoms with van der Waals surface area (Å²) in [5.74, 6) is 0. The minimum atomic E-state index is -3.74. The predicted molar refractivity (Wildman–Crippen MR) is 91.0 cm³/mol. The number of sulfonamides is 1. The molecule has 3 rings (SSSR count). The monoisotopic (exact) mass is 392 g/mol. The van der Waals surface area contributed by atoms with Crippen LogP contribution in [0.25, 0.3) is 0 Å². The molecule has 9 heteroatoms. The maximum Gasteiger partial charge on any atom is 0.410 e. The molecule has 0 aromatic heterocycles. The van der Waals surface area contributed by atoms with Crippen LogP contribution in [0.3, 0.4) is 0 Å². The molecule has 2 fully saturated rings. The van der Waals surface area contributed by atoms with Crippen molar-refractivity contribution in [1.82, 2.24) is 9.21 Å². The quantitative estimate of drug-likeness (QED) is 0.775. The summed E-state index contributed by atoms with van der Waals surface area (Å²) in [6, 6.07) is 3.12. The molecular formula is C15H18Cl2N2O4S. The molecule has 2 heterocycles. The molecule has 0 N–H and O–H groups in total. The van der Waals surface area contributed by atoms with Crippen molar-refractivity contribution in [2.75, 3.05) is 26.7 Å². The highest BCUT2D eigenvalue weighted by Gasteiger charge is 2.47.